The van der Waals surface area contributed by atoms with E-state index in [0.717, 1.165) is 15.1 Å². The van der Waals surface area contributed by atoms with Crippen LogP contribution in [-0.4, -0.2) is 23.9 Å². The maximum absolute atomic E-state index is 10.3. The van der Waals surface area contributed by atoms with Crippen molar-refractivity contribution in [2.24, 2.45) is 0 Å². The fourth-order valence-electron chi connectivity index (χ4n) is 0.994. The van der Waals surface area contributed by atoms with E-state index in [1.54, 1.807) is 7.11 Å². The molecule has 0 fully saturated rings. The minimum atomic E-state index is -0.774. The summed E-state index contributed by atoms with van der Waals surface area (Å²) in [5, 5.41) is 8.50. The molecule has 5 heteroatoms. The average Bonchev–Trinajstić information content (AvgIpc) is 2.16. The summed E-state index contributed by atoms with van der Waals surface area (Å²) in [5.41, 5.74) is 0. The molecule has 0 unspecified atom stereocenters. The molecule has 0 heterocycles. The summed E-state index contributed by atoms with van der Waals surface area (Å²) in [7, 11) is 1.60. The fourth-order valence-corrected chi connectivity index (χ4v) is 2.54. The van der Waals surface area contributed by atoms with E-state index in [1.807, 2.05) is 18.2 Å². The second-order valence-electron chi connectivity index (χ2n) is 2.82. The van der Waals surface area contributed by atoms with Gasteiger partial charge in [0.1, 0.15) is 5.75 Å². The van der Waals surface area contributed by atoms with Crippen LogP contribution in [0.4, 0.5) is 0 Å². The van der Waals surface area contributed by atoms with Gasteiger partial charge in [-0.3, -0.25) is 4.79 Å². The topological polar surface area (TPSA) is 46.5 Å². The molecule has 1 N–H and O–H groups in total. The van der Waals surface area contributed by atoms with Crippen LogP contribution in [0.25, 0.3) is 0 Å². The summed E-state index contributed by atoms with van der Waals surface area (Å²) < 4.78 is 6.03. The number of carbonyl (C=O) groups is 1. The highest BCUT2D eigenvalue weighted by Crippen LogP contribution is 2.28. The van der Waals surface area contributed by atoms with Crippen LogP contribution < -0.4 is 4.74 Å². The number of halogens is 1. The van der Waals surface area contributed by atoms with E-state index in [1.165, 1.54) is 11.8 Å². The number of ether oxygens (including phenoxy) is 1. The SMILES string of the molecule is COc1cc(Br)cc(SCCC(=O)O)c1. The molecule has 0 saturated carbocycles. The second kappa shape index (κ2) is 6.02. The Hall–Kier alpha value is -0.680. The number of carboxylic acids is 1. The average molecular weight is 291 g/mol. The van der Waals surface area contributed by atoms with Crippen molar-refractivity contribution in [2.75, 3.05) is 12.9 Å². The molecule has 1 aromatic rings. The zero-order chi connectivity index (χ0) is 11.3. The number of hydrogen-bond donors (Lipinski definition) is 1. The van der Waals surface area contributed by atoms with Crippen LogP contribution in [0.15, 0.2) is 27.6 Å². The van der Waals surface area contributed by atoms with Gasteiger partial charge in [0, 0.05) is 15.1 Å². The number of hydrogen-bond acceptors (Lipinski definition) is 3. The Morgan fingerprint density at radius 1 is 1.53 bits per heavy atom. The van der Waals surface area contributed by atoms with E-state index in [9.17, 15) is 4.79 Å². The van der Waals surface area contributed by atoms with Crippen LogP contribution in [0.2, 0.25) is 0 Å². The lowest BCUT2D eigenvalue weighted by Crippen LogP contribution is -1.95. The molecule has 0 saturated heterocycles. The molecule has 0 amide bonds. The second-order valence-corrected chi connectivity index (χ2v) is 4.90. The van der Waals surface area contributed by atoms with Crippen LogP contribution in [-0.2, 0) is 4.79 Å². The first-order valence-corrected chi connectivity index (χ1v) is 6.09. The van der Waals surface area contributed by atoms with Crippen molar-refractivity contribution < 1.29 is 14.6 Å². The lowest BCUT2D eigenvalue weighted by molar-refractivity contribution is -0.136. The summed E-state index contributed by atoms with van der Waals surface area (Å²) in [6, 6.07) is 5.69. The molecular weight excluding hydrogens is 280 g/mol. The fraction of sp³-hybridized carbons (Fsp3) is 0.300. The Kier molecular flexibility index (Phi) is 4.98. The molecule has 0 aliphatic rings. The van der Waals surface area contributed by atoms with Crippen molar-refractivity contribution in [2.45, 2.75) is 11.3 Å². The third-order valence-electron chi connectivity index (χ3n) is 1.67. The Morgan fingerprint density at radius 3 is 2.87 bits per heavy atom. The smallest absolute Gasteiger partial charge is 0.304 e. The van der Waals surface area contributed by atoms with Gasteiger partial charge in [-0.05, 0) is 18.2 Å². The quantitative estimate of drug-likeness (QED) is 0.847. The predicted octanol–water partition coefficient (Wildman–Crippen LogP) is 3.02. The van der Waals surface area contributed by atoms with E-state index in [2.05, 4.69) is 15.9 Å². The third-order valence-corrected chi connectivity index (χ3v) is 3.10. The van der Waals surface area contributed by atoms with E-state index in [-0.39, 0.29) is 6.42 Å². The molecule has 1 aromatic carbocycles. The van der Waals surface area contributed by atoms with Crippen molar-refractivity contribution in [3.63, 3.8) is 0 Å². The zero-order valence-electron chi connectivity index (χ0n) is 8.20. The van der Waals surface area contributed by atoms with Gasteiger partial charge in [0.05, 0.1) is 13.5 Å². The maximum Gasteiger partial charge on any atom is 0.304 e. The summed E-state index contributed by atoms with van der Waals surface area (Å²) in [4.78, 5) is 11.3. The normalized spacial score (nSPS) is 10.0. The molecule has 0 spiro atoms. The predicted molar refractivity (Wildman–Crippen MR) is 63.7 cm³/mol. The van der Waals surface area contributed by atoms with Gasteiger partial charge >= 0.3 is 5.97 Å². The lowest BCUT2D eigenvalue weighted by Gasteiger charge is -2.04. The van der Waals surface area contributed by atoms with Crippen LogP contribution in [0.5, 0.6) is 5.75 Å². The number of carboxylic acid groups (broad SMARTS) is 1. The van der Waals surface area contributed by atoms with Gasteiger partial charge in [0.15, 0.2) is 0 Å². The van der Waals surface area contributed by atoms with Crippen LogP contribution >= 0.6 is 27.7 Å². The molecule has 15 heavy (non-hydrogen) atoms. The van der Waals surface area contributed by atoms with Gasteiger partial charge < -0.3 is 9.84 Å². The number of methoxy groups -OCH3 is 1. The highest BCUT2D eigenvalue weighted by molar-refractivity contribution is 9.10. The Labute approximate surface area is 101 Å². The van der Waals surface area contributed by atoms with E-state index in [4.69, 9.17) is 9.84 Å². The first-order chi connectivity index (χ1) is 7.11. The first kappa shape index (κ1) is 12.4. The minimum absolute atomic E-state index is 0.166. The van der Waals surface area contributed by atoms with Gasteiger partial charge in [-0.15, -0.1) is 11.8 Å². The number of benzene rings is 1. The van der Waals surface area contributed by atoms with Gasteiger partial charge in [-0.2, -0.15) is 0 Å². The zero-order valence-corrected chi connectivity index (χ0v) is 10.6. The maximum atomic E-state index is 10.3. The van der Waals surface area contributed by atoms with E-state index >= 15 is 0 Å². The molecule has 0 aliphatic carbocycles. The highest BCUT2D eigenvalue weighted by Gasteiger charge is 2.02. The first-order valence-electron chi connectivity index (χ1n) is 4.31. The van der Waals surface area contributed by atoms with E-state index in [0.29, 0.717) is 5.75 Å². The molecule has 0 bridgehead atoms. The minimum Gasteiger partial charge on any atom is -0.497 e. The molecule has 0 aliphatic heterocycles. The third kappa shape index (κ3) is 4.57. The largest absolute Gasteiger partial charge is 0.497 e. The van der Waals surface area contributed by atoms with Crippen molar-refractivity contribution in [3.05, 3.63) is 22.7 Å². The lowest BCUT2D eigenvalue weighted by atomic mass is 10.3. The Bertz CT molecular complexity index is 355. The van der Waals surface area contributed by atoms with Gasteiger partial charge in [0.2, 0.25) is 0 Å². The number of rotatable bonds is 5. The summed E-state index contributed by atoms with van der Waals surface area (Å²) in [6.45, 7) is 0. The van der Waals surface area contributed by atoms with Crippen molar-refractivity contribution >= 4 is 33.7 Å². The molecule has 82 valence electrons. The van der Waals surface area contributed by atoms with Crippen LogP contribution in [0.1, 0.15) is 6.42 Å². The Balaban J connectivity index is 2.60. The number of thioether (sulfide) groups is 1. The summed E-state index contributed by atoms with van der Waals surface area (Å²) >= 11 is 4.87. The standard InChI is InChI=1S/C10H11BrO3S/c1-14-8-4-7(11)5-9(6-8)15-3-2-10(12)13/h4-6H,2-3H2,1H3,(H,12,13). The monoisotopic (exact) mass is 290 g/mol. The van der Waals surface area contributed by atoms with Gasteiger partial charge in [-0.25, -0.2) is 0 Å². The van der Waals surface area contributed by atoms with Crippen molar-refractivity contribution in [3.8, 4) is 5.75 Å². The van der Waals surface area contributed by atoms with Crippen molar-refractivity contribution in [1.82, 2.24) is 0 Å². The van der Waals surface area contributed by atoms with Crippen molar-refractivity contribution in [1.29, 1.82) is 0 Å². The van der Waals surface area contributed by atoms with E-state index < -0.39 is 5.97 Å². The van der Waals surface area contributed by atoms with Crippen LogP contribution in [0.3, 0.4) is 0 Å². The molecular formula is C10H11BrO3S. The summed E-state index contributed by atoms with van der Waals surface area (Å²) in [6.07, 6.45) is 0.166. The molecule has 0 radical (unpaired) electrons. The van der Waals surface area contributed by atoms with Gasteiger partial charge in [-0.1, -0.05) is 15.9 Å². The molecule has 0 aromatic heterocycles. The van der Waals surface area contributed by atoms with Crippen LogP contribution in [0, 0.1) is 0 Å². The summed E-state index contributed by atoms with van der Waals surface area (Å²) in [5.74, 6) is 0.557. The molecule has 3 nitrogen and oxygen atoms in total. The van der Waals surface area contributed by atoms with Gasteiger partial charge in [0.25, 0.3) is 0 Å². The molecule has 1 rings (SSSR count). The number of aliphatic carboxylic acids is 1. The molecule has 0 atom stereocenters. The highest BCUT2D eigenvalue weighted by atomic mass is 79.9. The Morgan fingerprint density at radius 2 is 2.27 bits per heavy atom.